The van der Waals surface area contributed by atoms with Crippen molar-refractivity contribution < 1.29 is 9.47 Å². The van der Waals surface area contributed by atoms with Gasteiger partial charge in [-0.2, -0.15) is 0 Å². The van der Waals surface area contributed by atoms with Gasteiger partial charge in [-0.25, -0.2) is 4.98 Å². The van der Waals surface area contributed by atoms with Crippen LogP contribution in [0.15, 0.2) is 84.9 Å². The molecular weight excluding hydrogens is 408 g/mol. The highest BCUT2D eigenvalue weighted by Crippen LogP contribution is 2.27. The van der Waals surface area contributed by atoms with E-state index in [0.29, 0.717) is 13.2 Å². The molecule has 0 unspecified atom stereocenters. The van der Waals surface area contributed by atoms with Gasteiger partial charge in [-0.15, -0.1) is 0 Å². The van der Waals surface area contributed by atoms with Crippen LogP contribution in [0.5, 0.6) is 11.5 Å². The lowest BCUT2D eigenvalue weighted by Gasteiger charge is -2.13. The molecule has 4 nitrogen and oxygen atoms in total. The van der Waals surface area contributed by atoms with Crippen molar-refractivity contribution in [3.8, 4) is 11.5 Å². The number of hydrogen-bond donors (Lipinski definition) is 0. The molecule has 5 aromatic rings. The van der Waals surface area contributed by atoms with Crippen molar-refractivity contribution in [1.29, 1.82) is 0 Å². The number of rotatable bonds is 8. The van der Waals surface area contributed by atoms with Crippen LogP contribution in [0, 0.1) is 13.8 Å². The second kappa shape index (κ2) is 9.37. The molecule has 1 aromatic heterocycles. The molecule has 0 aliphatic carbocycles. The smallest absolute Gasteiger partial charge is 0.148 e. The number of ether oxygens (including phenoxy) is 2. The molecule has 33 heavy (non-hydrogen) atoms. The van der Waals surface area contributed by atoms with Crippen LogP contribution in [0.25, 0.3) is 21.8 Å². The van der Waals surface area contributed by atoms with Crippen LogP contribution in [0.2, 0.25) is 0 Å². The van der Waals surface area contributed by atoms with E-state index < -0.39 is 0 Å². The first kappa shape index (κ1) is 21.1. The minimum atomic E-state index is 0.417. The standard InChI is InChI=1S/C29H28N2O2/c1-21-15-16-22(2)28(19-21)32-18-8-17-31-26-13-6-5-12-25(26)30-29(31)20-33-27-14-7-10-23-9-3-4-11-24(23)27/h3-7,9-16,19H,8,17-18,20H2,1-2H3. The molecule has 4 heteroatoms. The number of aromatic nitrogens is 2. The molecule has 0 saturated carbocycles. The van der Waals surface area contributed by atoms with Crippen molar-refractivity contribution in [2.45, 2.75) is 33.4 Å². The lowest BCUT2D eigenvalue weighted by atomic mass is 10.1. The van der Waals surface area contributed by atoms with E-state index in [1.54, 1.807) is 0 Å². The third kappa shape index (κ3) is 4.56. The summed E-state index contributed by atoms with van der Waals surface area (Å²) < 4.78 is 14.6. The Hall–Kier alpha value is -3.79. The fourth-order valence-electron chi connectivity index (χ4n) is 4.22. The predicted molar refractivity (Wildman–Crippen MR) is 134 cm³/mol. The molecule has 0 fully saturated rings. The third-order valence-electron chi connectivity index (χ3n) is 5.97. The number of hydrogen-bond acceptors (Lipinski definition) is 3. The molecular formula is C29H28N2O2. The van der Waals surface area contributed by atoms with Crippen molar-refractivity contribution in [1.82, 2.24) is 9.55 Å². The summed E-state index contributed by atoms with van der Waals surface area (Å²) in [6.07, 6.45) is 0.884. The van der Waals surface area contributed by atoms with E-state index in [4.69, 9.17) is 14.5 Å². The molecule has 0 spiro atoms. The van der Waals surface area contributed by atoms with Crippen LogP contribution < -0.4 is 9.47 Å². The number of aryl methyl sites for hydroxylation is 3. The average molecular weight is 437 g/mol. The second-order valence-corrected chi connectivity index (χ2v) is 8.41. The van der Waals surface area contributed by atoms with E-state index in [9.17, 15) is 0 Å². The van der Waals surface area contributed by atoms with E-state index in [0.717, 1.165) is 52.3 Å². The molecule has 1 heterocycles. The lowest BCUT2D eigenvalue weighted by Crippen LogP contribution is -2.10. The zero-order chi connectivity index (χ0) is 22.6. The Bertz CT molecular complexity index is 1400. The number of para-hydroxylation sites is 2. The summed E-state index contributed by atoms with van der Waals surface area (Å²) in [6.45, 7) is 6.06. The maximum absolute atomic E-state index is 6.27. The number of fused-ring (bicyclic) bond motifs is 2. The normalized spacial score (nSPS) is 11.2. The van der Waals surface area contributed by atoms with Crippen molar-refractivity contribution in [2.75, 3.05) is 6.61 Å². The summed E-state index contributed by atoms with van der Waals surface area (Å²) in [7, 11) is 0. The molecule has 5 rings (SSSR count). The highest BCUT2D eigenvalue weighted by atomic mass is 16.5. The minimum Gasteiger partial charge on any atom is -0.493 e. The first-order chi connectivity index (χ1) is 16.2. The van der Waals surface area contributed by atoms with Gasteiger partial charge in [0.2, 0.25) is 0 Å². The summed E-state index contributed by atoms with van der Waals surface area (Å²) >= 11 is 0. The summed E-state index contributed by atoms with van der Waals surface area (Å²) in [5.74, 6) is 2.77. The molecule has 0 atom stereocenters. The molecule has 4 aromatic carbocycles. The Labute approximate surface area is 194 Å². The van der Waals surface area contributed by atoms with Crippen molar-refractivity contribution in [3.63, 3.8) is 0 Å². The van der Waals surface area contributed by atoms with E-state index in [2.05, 4.69) is 73.0 Å². The van der Waals surface area contributed by atoms with E-state index in [1.165, 1.54) is 10.9 Å². The fourth-order valence-corrected chi connectivity index (χ4v) is 4.22. The summed E-state index contributed by atoms with van der Waals surface area (Å²) in [5, 5.41) is 2.29. The zero-order valence-corrected chi connectivity index (χ0v) is 19.1. The van der Waals surface area contributed by atoms with Crippen molar-refractivity contribution >= 4 is 21.8 Å². The lowest BCUT2D eigenvalue weighted by molar-refractivity contribution is 0.282. The molecule has 0 aliphatic rings. The SMILES string of the molecule is Cc1ccc(C)c(OCCCn2c(COc3cccc4ccccc34)nc3ccccc32)c1. The van der Waals surface area contributed by atoms with E-state index in [-0.39, 0.29) is 0 Å². The van der Waals surface area contributed by atoms with Crippen LogP contribution in [0.3, 0.4) is 0 Å². The van der Waals surface area contributed by atoms with E-state index >= 15 is 0 Å². The van der Waals surface area contributed by atoms with Gasteiger partial charge in [0.25, 0.3) is 0 Å². The quantitative estimate of drug-likeness (QED) is 0.249. The predicted octanol–water partition coefficient (Wildman–Crippen LogP) is 6.85. The highest BCUT2D eigenvalue weighted by molar-refractivity contribution is 5.88. The van der Waals surface area contributed by atoms with Crippen molar-refractivity contribution in [2.24, 2.45) is 0 Å². The summed E-state index contributed by atoms with van der Waals surface area (Å²) in [4.78, 5) is 4.87. The number of benzene rings is 4. The molecule has 0 bridgehead atoms. The van der Waals surface area contributed by atoms with Gasteiger partial charge in [0, 0.05) is 11.9 Å². The van der Waals surface area contributed by atoms with Gasteiger partial charge >= 0.3 is 0 Å². The Kier molecular flexibility index (Phi) is 5.99. The van der Waals surface area contributed by atoms with Gasteiger partial charge in [-0.1, -0.05) is 60.7 Å². The zero-order valence-electron chi connectivity index (χ0n) is 19.1. The van der Waals surface area contributed by atoms with Crippen LogP contribution in [0.1, 0.15) is 23.4 Å². The van der Waals surface area contributed by atoms with Crippen LogP contribution in [0.4, 0.5) is 0 Å². The van der Waals surface area contributed by atoms with Gasteiger partial charge in [0.1, 0.15) is 23.9 Å². The maximum atomic E-state index is 6.27. The Morgan fingerprint density at radius 3 is 2.55 bits per heavy atom. The Morgan fingerprint density at radius 1 is 0.788 bits per heavy atom. The number of nitrogens with zero attached hydrogens (tertiary/aromatic N) is 2. The number of imidazole rings is 1. The highest BCUT2D eigenvalue weighted by Gasteiger charge is 2.12. The minimum absolute atomic E-state index is 0.417. The summed E-state index contributed by atoms with van der Waals surface area (Å²) in [5.41, 5.74) is 4.49. The van der Waals surface area contributed by atoms with Gasteiger partial charge in [0.05, 0.1) is 17.6 Å². The van der Waals surface area contributed by atoms with Crippen molar-refractivity contribution in [3.05, 3.63) is 102 Å². The van der Waals surface area contributed by atoms with Gasteiger partial charge in [0.15, 0.2) is 0 Å². The average Bonchev–Trinajstić information content (AvgIpc) is 3.20. The monoisotopic (exact) mass is 436 g/mol. The summed E-state index contributed by atoms with van der Waals surface area (Å²) in [6, 6.07) is 29.0. The molecule has 0 radical (unpaired) electrons. The Morgan fingerprint density at radius 2 is 1.61 bits per heavy atom. The first-order valence-electron chi connectivity index (χ1n) is 11.4. The maximum Gasteiger partial charge on any atom is 0.148 e. The fraction of sp³-hybridized carbons (Fsp3) is 0.207. The van der Waals surface area contributed by atoms with Crippen LogP contribution in [-0.2, 0) is 13.2 Å². The van der Waals surface area contributed by atoms with E-state index in [1.807, 2.05) is 30.3 Å². The molecule has 0 aliphatic heterocycles. The van der Waals surface area contributed by atoms with Crippen LogP contribution in [-0.4, -0.2) is 16.2 Å². The molecule has 0 saturated heterocycles. The van der Waals surface area contributed by atoms with Gasteiger partial charge in [-0.3, -0.25) is 0 Å². The van der Waals surface area contributed by atoms with Crippen LogP contribution >= 0.6 is 0 Å². The first-order valence-corrected chi connectivity index (χ1v) is 11.4. The van der Waals surface area contributed by atoms with Gasteiger partial charge in [-0.05, 0) is 61.0 Å². The molecule has 0 N–H and O–H groups in total. The molecule has 166 valence electrons. The topological polar surface area (TPSA) is 36.3 Å². The molecule has 0 amide bonds. The Balaban J connectivity index is 1.32. The van der Waals surface area contributed by atoms with Gasteiger partial charge < -0.3 is 14.0 Å². The third-order valence-corrected chi connectivity index (χ3v) is 5.97. The largest absolute Gasteiger partial charge is 0.493 e. The second-order valence-electron chi connectivity index (χ2n) is 8.41.